The van der Waals surface area contributed by atoms with E-state index in [9.17, 15) is 0 Å². The Balaban J connectivity index is 0.00000361. The van der Waals surface area contributed by atoms with E-state index in [2.05, 4.69) is 42.4 Å². The summed E-state index contributed by atoms with van der Waals surface area (Å²) >= 11 is 6.59. The van der Waals surface area contributed by atoms with Gasteiger partial charge in [0.2, 0.25) is 0 Å². The van der Waals surface area contributed by atoms with Crippen LogP contribution in [0.15, 0.2) is 26.2 Å². The van der Waals surface area contributed by atoms with Crippen molar-refractivity contribution in [2.24, 2.45) is 5.10 Å². The summed E-state index contributed by atoms with van der Waals surface area (Å²) in [7, 11) is -2.50. The molecular weight excluding hydrogens is 371 g/mol. The molecule has 0 spiro atoms. The van der Waals surface area contributed by atoms with E-state index >= 15 is 0 Å². The molecule has 0 heterocycles. The van der Waals surface area contributed by atoms with Crippen LogP contribution in [0, 0.1) is 0 Å². The van der Waals surface area contributed by atoms with Gasteiger partial charge in [-0.3, -0.25) is 0 Å². The van der Waals surface area contributed by atoms with E-state index in [0.29, 0.717) is 8.95 Å². The van der Waals surface area contributed by atoms with E-state index in [1.54, 1.807) is 18.3 Å². The maximum atomic E-state index is 7.15. The zero-order chi connectivity index (χ0) is 14.6. The lowest BCUT2D eigenvalue weighted by Gasteiger charge is -2.08. The van der Waals surface area contributed by atoms with Gasteiger partial charge in [-0.2, -0.15) is 5.10 Å². The van der Waals surface area contributed by atoms with E-state index in [1.165, 1.54) is 0 Å². The zero-order valence-corrected chi connectivity index (χ0v) is 13.3. The molecule has 6 heteroatoms. The van der Waals surface area contributed by atoms with Gasteiger partial charge in [-0.1, -0.05) is 6.07 Å². The van der Waals surface area contributed by atoms with Gasteiger partial charge >= 0.3 is 0 Å². The average Bonchev–Trinajstić information content (AvgIpc) is 2.26. The number of rotatable bonds is 4. The van der Waals surface area contributed by atoms with E-state index in [-0.39, 0.29) is 24.2 Å². The van der Waals surface area contributed by atoms with Gasteiger partial charge in [0.25, 0.3) is 0 Å². The maximum absolute atomic E-state index is 7.15. The molecule has 96 valence electrons. The fraction of sp³-hybridized carbons (Fsp3) is 0.364. The van der Waals surface area contributed by atoms with Crippen LogP contribution in [0.2, 0.25) is 0 Å². The van der Waals surface area contributed by atoms with E-state index in [0.717, 1.165) is 5.56 Å². The highest BCUT2D eigenvalue weighted by atomic mass is 79.9. The summed E-state index contributed by atoms with van der Waals surface area (Å²) in [5, 5.41) is 4.05. The number of halogens is 3. The maximum Gasteiger partial charge on any atom is 0.147 e. The molecule has 0 radical (unpaired) electrons. The number of hydrogen-bond acceptors (Lipinski definition) is 3. The lowest BCUT2D eigenvalue weighted by atomic mass is 10.2. The zero-order valence-electron chi connectivity index (χ0n) is 12.3. The first-order valence-corrected chi connectivity index (χ1v) is 6.25. The molecule has 1 N–H and O–H groups in total. The van der Waals surface area contributed by atoms with Gasteiger partial charge in [0.05, 0.1) is 26.3 Å². The minimum absolute atomic E-state index is 0. The van der Waals surface area contributed by atoms with Crippen molar-refractivity contribution in [3.8, 4) is 5.75 Å². The van der Waals surface area contributed by atoms with E-state index < -0.39 is 7.04 Å². The minimum atomic E-state index is -2.50. The monoisotopic (exact) mass is 387 g/mol. The first-order valence-electron chi connectivity index (χ1n) is 6.16. The molecule has 0 unspecified atom stereocenters. The number of ether oxygens (including phenoxy) is 1. The van der Waals surface area contributed by atoms with Gasteiger partial charge < -0.3 is 10.2 Å². The molecule has 0 saturated heterocycles. The Hall–Kier alpha value is -0.260. The summed E-state index contributed by atoms with van der Waals surface area (Å²) < 4.78 is 27.5. The quantitative estimate of drug-likeness (QED) is 0.624. The number of nitrogens with zero attached hydrogens (tertiary/aromatic N) is 1. The third-order valence-electron chi connectivity index (χ3n) is 1.72. The molecule has 0 saturated carbocycles. The van der Waals surface area contributed by atoms with Crippen LogP contribution in [0.4, 0.5) is 0 Å². The fourth-order valence-corrected chi connectivity index (χ4v) is 2.20. The van der Waals surface area contributed by atoms with Gasteiger partial charge in [-0.25, -0.2) is 0 Å². The van der Waals surface area contributed by atoms with Crippen LogP contribution in [0.5, 0.6) is 5.75 Å². The molecule has 1 aromatic rings. The van der Waals surface area contributed by atoms with Gasteiger partial charge in [-0.15, -0.1) is 12.4 Å². The minimum Gasteiger partial charge on any atom is -0.494 e. The normalized spacial score (nSPS) is 13.8. The van der Waals surface area contributed by atoms with Crippen LogP contribution < -0.4 is 10.2 Å². The smallest absolute Gasteiger partial charge is 0.147 e. The number of methoxy groups -OCH3 is 1. The molecule has 1 rings (SSSR count). The Kier molecular flexibility index (Phi) is 5.52. The molecule has 0 atom stereocenters. The second-order valence-corrected chi connectivity index (χ2v) is 5.07. The van der Waals surface area contributed by atoms with Crippen LogP contribution in [-0.4, -0.2) is 19.3 Å². The third-order valence-corrected chi connectivity index (χ3v) is 3.16. The first kappa shape index (κ1) is 11.8. The highest BCUT2D eigenvalue weighted by Gasteiger charge is 2.08. The van der Waals surface area contributed by atoms with Crippen molar-refractivity contribution in [1.82, 2.24) is 5.43 Å². The number of hydrazone groups is 1. The highest BCUT2D eigenvalue weighted by molar-refractivity contribution is 9.11. The largest absolute Gasteiger partial charge is 0.494 e. The number of hydrogen-bond donors (Lipinski definition) is 1. The van der Waals surface area contributed by atoms with Crippen molar-refractivity contribution in [2.75, 3.05) is 7.04 Å². The second-order valence-electron chi connectivity index (χ2n) is 3.42. The second kappa shape index (κ2) is 7.95. The molecule has 0 aliphatic carbocycles. The Morgan fingerprint density at radius 2 is 2.18 bits per heavy atom. The Bertz CT molecular complexity index is 481. The van der Waals surface area contributed by atoms with Crippen molar-refractivity contribution in [3.05, 3.63) is 26.6 Å². The standard InChI is InChI=1S/C11H14Br2N2O.ClH/c1-7(2)15-14-6-8-4-5-9(12)11(16-3)10(8)13;/h4-7,15H,1-3H3;1H/b14-6+;/i3D3;. The van der Waals surface area contributed by atoms with Crippen LogP contribution >= 0.6 is 44.3 Å². The summed E-state index contributed by atoms with van der Waals surface area (Å²) in [6.45, 7) is 3.94. The number of benzene rings is 1. The van der Waals surface area contributed by atoms with Crippen molar-refractivity contribution in [3.63, 3.8) is 0 Å². The molecule has 0 fully saturated rings. The predicted molar refractivity (Wildman–Crippen MR) is 81.5 cm³/mol. The van der Waals surface area contributed by atoms with Crippen LogP contribution in [0.3, 0.4) is 0 Å². The lowest BCUT2D eigenvalue weighted by Crippen LogP contribution is -2.15. The van der Waals surface area contributed by atoms with Crippen molar-refractivity contribution < 1.29 is 8.85 Å². The molecule has 17 heavy (non-hydrogen) atoms. The SMILES string of the molecule is Cl.[2H]C([2H])([2H])Oc1c(Br)ccc(/C=N/NC(C)C)c1Br. The number of nitrogens with one attached hydrogen (secondary N) is 1. The van der Waals surface area contributed by atoms with E-state index in [4.69, 9.17) is 8.85 Å². The van der Waals surface area contributed by atoms with E-state index in [1.807, 2.05) is 13.8 Å². The average molecular weight is 390 g/mol. The van der Waals surface area contributed by atoms with Crippen molar-refractivity contribution in [1.29, 1.82) is 0 Å². The molecule has 0 aliphatic rings. The van der Waals surface area contributed by atoms with Crippen LogP contribution in [-0.2, 0) is 0 Å². The predicted octanol–water partition coefficient (Wildman–Crippen LogP) is 3.97. The third kappa shape index (κ3) is 4.85. The topological polar surface area (TPSA) is 33.6 Å². The fourth-order valence-electron chi connectivity index (χ4n) is 0.997. The Morgan fingerprint density at radius 3 is 2.76 bits per heavy atom. The summed E-state index contributed by atoms with van der Waals surface area (Å²) in [5.74, 6) is 0.230. The highest BCUT2D eigenvalue weighted by Crippen LogP contribution is 2.34. The molecule has 1 aromatic carbocycles. The summed E-state index contributed by atoms with van der Waals surface area (Å²) in [6.07, 6.45) is 1.60. The van der Waals surface area contributed by atoms with Crippen molar-refractivity contribution >= 4 is 50.5 Å². The summed E-state index contributed by atoms with van der Waals surface area (Å²) in [5.41, 5.74) is 3.61. The van der Waals surface area contributed by atoms with Crippen molar-refractivity contribution in [2.45, 2.75) is 19.9 Å². The summed E-state index contributed by atoms with van der Waals surface area (Å²) in [4.78, 5) is 0. The van der Waals surface area contributed by atoms with Gasteiger partial charge in [-0.05, 0) is 51.8 Å². The molecular formula is C11H15Br2ClN2O. The lowest BCUT2D eigenvalue weighted by molar-refractivity contribution is 0.409. The van der Waals surface area contributed by atoms with Crippen LogP contribution in [0.1, 0.15) is 23.5 Å². The molecule has 0 aliphatic heterocycles. The molecule has 0 aromatic heterocycles. The van der Waals surface area contributed by atoms with Gasteiger partial charge in [0.1, 0.15) is 5.75 Å². The molecule has 0 amide bonds. The summed E-state index contributed by atoms with van der Waals surface area (Å²) in [6, 6.07) is 3.73. The molecule has 0 bridgehead atoms. The molecule has 3 nitrogen and oxygen atoms in total. The Morgan fingerprint density at radius 1 is 1.47 bits per heavy atom. The van der Waals surface area contributed by atoms with Crippen LogP contribution in [0.25, 0.3) is 0 Å². The Labute approximate surface area is 129 Å². The first-order chi connectivity index (χ1) is 8.70. The van der Waals surface area contributed by atoms with Gasteiger partial charge in [0.15, 0.2) is 0 Å². The van der Waals surface area contributed by atoms with Gasteiger partial charge in [0, 0.05) is 11.6 Å².